The summed E-state index contributed by atoms with van der Waals surface area (Å²) in [6.07, 6.45) is 1.91. The molecule has 7 heteroatoms. The van der Waals surface area contributed by atoms with Crippen molar-refractivity contribution < 1.29 is 19.3 Å². The molecule has 0 aromatic carbocycles. The second-order valence-electron chi connectivity index (χ2n) is 3.95. The third-order valence-corrected chi connectivity index (χ3v) is 2.91. The minimum absolute atomic E-state index is 0.327. The number of carbonyl (C=O) groups excluding carboxylic acids is 2. The van der Waals surface area contributed by atoms with E-state index in [1.165, 1.54) is 0 Å². The van der Waals surface area contributed by atoms with Crippen molar-refractivity contribution in [3.63, 3.8) is 0 Å². The fourth-order valence-corrected chi connectivity index (χ4v) is 1.72. The Hall–Kier alpha value is -1.18. The normalized spacial score (nSPS) is 10.8. The van der Waals surface area contributed by atoms with Gasteiger partial charge in [0.15, 0.2) is 5.92 Å². The molecule has 0 aliphatic carbocycles. The fourth-order valence-electron chi connectivity index (χ4n) is 1.72. The average Bonchev–Trinajstić information content (AvgIpc) is 2.41. The number of rotatable bonds is 9. The maximum Gasteiger partial charge on any atom is 0.338 e. The van der Waals surface area contributed by atoms with E-state index in [9.17, 15) is 9.59 Å². The molecule has 0 aromatic rings. The lowest BCUT2D eigenvalue weighted by Crippen LogP contribution is -2.31. The molecule has 4 N–H and O–H groups in total. The lowest BCUT2D eigenvalue weighted by atomic mass is 10.0. The number of unbranched alkanes of at least 4 members (excludes halogenated alkanes) is 1. The Morgan fingerprint density at radius 3 is 1.94 bits per heavy atom. The first-order valence-electron chi connectivity index (χ1n) is 6.14. The van der Waals surface area contributed by atoms with Crippen LogP contribution in [0.2, 0.25) is 0 Å². The molecule has 0 spiro atoms. The van der Waals surface area contributed by atoms with Gasteiger partial charge in [-0.05, 0) is 32.5 Å². The van der Waals surface area contributed by atoms with Crippen LogP contribution in [0.25, 0.3) is 0 Å². The van der Waals surface area contributed by atoms with Crippen LogP contribution in [0.1, 0.15) is 33.1 Å². The van der Waals surface area contributed by atoms with Crippen molar-refractivity contribution in [2.45, 2.75) is 33.1 Å². The second-order valence-corrected chi connectivity index (χ2v) is 3.95. The van der Waals surface area contributed by atoms with Crippen molar-refractivity contribution in [2.75, 3.05) is 19.6 Å². The van der Waals surface area contributed by atoms with Gasteiger partial charge in [-0.15, -0.1) is 0 Å². The van der Waals surface area contributed by atoms with E-state index in [1.807, 2.05) is 0 Å². The van der Waals surface area contributed by atoms with Gasteiger partial charge >= 0.3 is 11.9 Å². The zero-order chi connectivity index (χ0) is 14.0. The predicted molar refractivity (Wildman–Crippen MR) is 65.7 cm³/mol. The summed E-state index contributed by atoms with van der Waals surface area (Å²) < 4.78 is 0. The first kappa shape index (κ1) is 16.8. The van der Waals surface area contributed by atoms with Crippen LogP contribution in [0, 0.1) is 5.92 Å². The van der Waals surface area contributed by atoms with Gasteiger partial charge in [0.2, 0.25) is 0 Å². The van der Waals surface area contributed by atoms with E-state index in [4.69, 9.17) is 11.8 Å². The Balaban J connectivity index is 4.04. The van der Waals surface area contributed by atoms with Crippen LogP contribution >= 0.6 is 0 Å². The molecule has 106 valence electrons. The molecule has 0 aromatic heterocycles. The summed E-state index contributed by atoms with van der Waals surface area (Å²) in [7, 11) is 0. The van der Waals surface area contributed by atoms with Crippen molar-refractivity contribution in [3.8, 4) is 0 Å². The summed E-state index contributed by atoms with van der Waals surface area (Å²) in [5, 5.41) is 0. The molecule has 0 saturated carbocycles. The number of hydrogen-bond donors (Lipinski definition) is 2. The van der Waals surface area contributed by atoms with Crippen LogP contribution in [0.15, 0.2) is 0 Å². The van der Waals surface area contributed by atoms with Crippen LogP contribution in [0.3, 0.4) is 0 Å². The predicted octanol–water partition coefficient (Wildman–Crippen LogP) is -0.0515. The molecule has 0 rings (SSSR count). The number of carbonyl (C=O) groups is 2. The molecule has 0 unspecified atom stereocenters. The summed E-state index contributed by atoms with van der Waals surface area (Å²) in [4.78, 5) is 32.8. The maximum absolute atomic E-state index is 11.2. The van der Waals surface area contributed by atoms with Gasteiger partial charge in [-0.2, -0.15) is 11.8 Å². The molecule has 0 aliphatic rings. The van der Waals surface area contributed by atoms with Gasteiger partial charge in [0.1, 0.15) is 0 Å². The standard InChI is InChI=1S/C11H23N3O4/c1-3-14(4-2)8-6-5-7-9(10(15)17-12)11(16)18-13/h9H,3-8,12-13H2,1-2H3. The Morgan fingerprint density at radius 2 is 1.56 bits per heavy atom. The Bertz CT molecular complexity index is 241. The number of hydrogen-bond acceptors (Lipinski definition) is 7. The third-order valence-electron chi connectivity index (χ3n) is 2.91. The lowest BCUT2D eigenvalue weighted by Gasteiger charge is -2.18. The minimum atomic E-state index is -1.03. The quantitative estimate of drug-likeness (QED) is 0.340. The van der Waals surface area contributed by atoms with Gasteiger partial charge in [-0.3, -0.25) is 0 Å². The maximum atomic E-state index is 11.2. The summed E-state index contributed by atoms with van der Waals surface area (Å²) in [6, 6.07) is 0. The van der Waals surface area contributed by atoms with Gasteiger partial charge in [-0.1, -0.05) is 20.3 Å². The third kappa shape index (κ3) is 5.95. The van der Waals surface area contributed by atoms with E-state index in [-0.39, 0.29) is 0 Å². The lowest BCUT2D eigenvalue weighted by molar-refractivity contribution is -0.163. The van der Waals surface area contributed by atoms with Gasteiger partial charge < -0.3 is 14.6 Å². The topological polar surface area (TPSA) is 108 Å². The van der Waals surface area contributed by atoms with Crippen molar-refractivity contribution >= 4 is 11.9 Å². The number of nitrogens with zero attached hydrogens (tertiary/aromatic N) is 1. The highest BCUT2D eigenvalue weighted by Crippen LogP contribution is 2.12. The summed E-state index contributed by atoms with van der Waals surface area (Å²) >= 11 is 0. The summed E-state index contributed by atoms with van der Waals surface area (Å²) in [5.74, 6) is 6.85. The zero-order valence-corrected chi connectivity index (χ0v) is 11.1. The molecular formula is C11H23N3O4. The highest BCUT2D eigenvalue weighted by atomic mass is 16.7. The first-order chi connectivity index (χ1) is 8.60. The molecular weight excluding hydrogens is 238 g/mol. The van der Waals surface area contributed by atoms with Gasteiger partial charge in [0.25, 0.3) is 0 Å². The zero-order valence-electron chi connectivity index (χ0n) is 11.1. The van der Waals surface area contributed by atoms with E-state index in [0.717, 1.165) is 26.1 Å². The highest BCUT2D eigenvalue weighted by Gasteiger charge is 2.28. The van der Waals surface area contributed by atoms with Crippen LogP contribution in [-0.4, -0.2) is 36.5 Å². The molecule has 0 saturated heterocycles. The molecule has 0 fully saturated rings. The second kappa shape index (κ2) is 9.81. The van der Waals surface area contributed by atoms with Crippen molar-refractivity contribution in [3.05, 3.63) is 0 Å². The van der Waals surface area contributed by atoms with Crippen LogP contribution in [0.4, 0.5) is 0 Å². The Morgan fingerprint density at radius 1 is 1.06 bits per heavy atom. The number of nitrogens with two attached hydrogens (primary N) is 2. The van der Waals surface area contributed by atoms with Crippen molar-refractivity contribution in [1.82, 2.24) is 4.90 Å². The molecule has 0 bridgehead atoms. The Kier molecular flexibility index (Phi) is 9.17. The molecule has 18 heavy (non-hydrogen) atoms. The molecule has 0 heterocycles. The minimum Gasteiger partial charge on any atom is -0.373 e. The molecule has 0 radical (unpaired) electrons. The first-order valence-corrected chi connectivity index (χ1v) is 6.14. The molecule has 0 aliphatic heterocycles. The van der Waals surface area contributed by atoms with E-state index < -0.39 is 17.9 Å². The smallest absolute Gasteiger partial charge is 0.338 e. The fraction of sp³-hybridized carbons (Fsp3) is 0.818. The molecule has 0 atom stereocenters. The average molecular weight is 261 g/mol. The van der Waals surface area contributed by atoms with E-state index >= 15 is 0 Å². The van der Waals surface area contributed by atoms with E-state index in [0.29, 0.717) is 12.8 Å². The van der Waals surface area contributed by atoms with Crippen LogP contribution in [-0.2, 0) is 19.3 Å². The van der Waals surface area contributed by atoms with Gasteiger partial charge in [-0.25, -0.2) is 9.59 Å². The monoisotopic (exact) mass is 261 g/mol. The van der Waals surface area contributed by atoms with Gasteiger partial charge in [0, 0.05) is 0 Å². The van der Waals surface area contributed by atoms with Gasteiger partial charge in [0.05, 0.1) is 0 Å². The largest absolute Gasteiger partial charge is 0.373 e. The SMILES string of the molecule is CCN(CC)CCCCC(C(=O)ON)C(=O)ON. The van der Waals surface area contributed by atoms with E-state index in [1.54, 1.807) is 0 Å². The molecule has 7 nitrogen and oxygen atoms in total. The van der Waals surface area contributed by atoms with Crippen LogP contribution in [0.5, 0.6) is 0 Å². The summed E-state index contributed by atoms with van der Waals surface area (Å²) in [5.41, 5.74) is 0. The van der Waals surface area contributed by atoms with Crippen molar-refractivity contribution in [2.24, 2.45) is 17.7 Å². The summed E-state index contributed by atoms with van der Waals surface area (Å²) in [6.45, 7) is 7.06. The van der Waals surface area contributed by atoms with Crippen LogP contribution < -0.4 is 11.8 Å². The molecule has 0 amide bonds. The van der Waals surface area contributed by atoms with Crippen molar-refractivity contribution in [1.29, 1.82) is 0 Å². The Labute approximate surface area is 107 Å². The highest BCUT2D eigenvalue weighted by molar-refractivity contribution is 5.94. The van der Waals surface area contributed by atoms with E-state index in [2.05, 4.69) is 28.4 Å².